The fourth-order valence-electron chi connectivity index (χ4n) is 3.00. The van der Waals surface area contributed by atoms with Gasteiger partial charge >= 0.3 is 0 Å². The fourth-order valence-corrected chi connectivity index (χ4v) is 3.00. The molecule has 2 aromatic heterocycles. The van der Waals surface area contributed by atoms with Crippen LogP contribution in [0.25, 0.3) is 0 Å². The highest BCUT2D eigenvalue weighted by Gasteiger charge is 2.33. The van der Waals surface area contributed by atoms with E-state index in [9.17, 15) is 9.59 Å². The van der Waals surface area contributed by atoms with Gasteiger partial charge in [-0.25, -0.2) is 9.97 Å². The Kier molecular flexibility index (Phi) is 4.59. The Balaban J connectivity index is 1.80. The Morgan fingerprint density at radius 1 is 1.38 bits per heavy atom. The molecule has 0 spiro atoms. The molecule has 1 saturated heterocycles. The zero-order valence-electron chi connectivity index (χ0n) is 13.9. The van der Waals surface area contributed by atoms with Crippen LogP contribution in [-0.4, -0.2) is 37.8 Å². The van der Waals surface area contributed by atoms with Crippen molar-refractivity contribution in [3.8, 4) is 0 Å². The topological polar surface area (TPSA) is 80.1 Å². The largest absolute Gasteiger partial charge is 0.351 e. The van der Waals surface area contributed by atoms with Gasteiger partial charge in [0.25, 0.3) is 5.91 Å². The van der Waals surface area contributed by atoms with Crippen molar-refractivity contribution in [2.45, 2.75) is 32.4 Å². The molecule has 0 aliphatic carbocycles. The second kappa shape index (κ2) is 6.82. The highest BCUT2D eigenvalue weighted by molar-refractivity contribution is 5.93. The average molecular weight is 327 g/mol. The third kappa shape index (κ3) is 3.29. The maximum Gasteiger partial charge on any atom is 0.271 e. The van der Waals surface area contributed by atoms with E-state index in [4.69, 9.17) is 0 Å². The van der Waals surface area contributed by atoms with E-state index >= 15 is 0 Å². The van der Waals surface area contributed by atoms with E-state index in [0.29, 0.717) is 24.6 Å². The Morgan fingerprint density at radius 3 is 2.92 bits per heavy atom. The molecule has 0 saturated carbocycles. The monoisotopic (exact) mass is 327 g/mol. The van der Waals surface area contributed by atoms with E-state index < -0.39 is 0 Å². The Morgan fingerprint density at radius 2 is 2.21 bits per heavy atom. The molecule has 3 rings (SSSR count). The minimum Gasteiger partial charge on any atom is -0.351 e. The van der Waals surface area contributed by atoms with Crippen LogP contribution in [-0.2, 0) is 18.4 Å². The van der Waals surface area contributed by atoms with Gasteiger partial charge in [-0.05, 0) is 31.0 Å². The summed E-state index contributed by atoms with van der Waals surface area (Å²) in [5.41, 5.74) is 1.41. The molecule has 1 aliphatic heterocycles. The van der Waals surface area contributed by atoms with Gasteiger partial charge in [-0.1, -0.05) is 0 Å². The van der Waals surface area contributed by atoms with Crippen LogP contribution in [0.1, 0.15) is 47.8 Å². The van der Waals surface area contributed by atoms with Gasteiger partial charge in [-0.3, -0.25) is 9.59 Å². The van der Waals surface area contributed by atoms with Gasteiger partial charge in [0.15, 0.2) is 5.82 Å². The zero-order chi connectivity index (χ0) is 17.1. The first kappa shape index (κ1) is 16.2. The molecule has 0 radical (unpaired) electrons. The molecule has 2 amide bonds. The van der Waals surface area contributed by atoms with E-state index in [1.807, 2.05) is 34.8 Å². The van der Waals surface area contributed by atoms with E-state index in [2.05, 4.69) is 15.3 Å². The maximum absolute atomic E-state index is 12.8. The minimum atomic E-state index is -0.121. The van der Waals surface area contributed by atoms with Crippen molar-refractivity contribution < 1.29 is 9.59 Å². The second-order valence-electron chi connectivity index (χ2n) is 5.98. The van der Waals surface area contributed by atoms with Crippen LogP contribution in [0.3, 0.4) is 0 Å². The van der Waals surface area contributed by atoms with Crippen LogP contribution < -0.4 is 5.32 Å². The average Bonchev–Trinajstić information content (AvgIpc) is 3.21. The number of rotatable bonds is 4. The maximum atomic E-state index is 12.8. The van der Waals surface area contributed by atoms with Crippen LogP contribution in [0.4, 0.5) is 0 Å². The Hall–Kier alpha value is -2.70. The van der Waals surface area contributed by atoms with Gasteiger partial charge in [0.05, 0.1) is 18.3 Å². The van der Waals surface area contributed by atoms with Gasteiger partial charge in [0, 0.05) is 32.9 Å². The fraction of sp³-hybridized carbons (Fsp3) is 0.412. The SMILES string of the molecule is CC(=O)NCc1ccnc(C2CCCN2C(=O)c2cccn2C)n1. The van der Waals surface area contributed by atoms with E-state index in [0.717, 1.165) is 18.5 Å². The van der Waals surface area contributed by atoms with E-state index in [1.54, 1.807) is 12.3 Å². The van der Waals surface area contributed by atoms with Crippen molar-refractivity contribution in [3.05, 3.63) is 47.8 Å². The molecular formula is C17H21N5O2. The molecule has 2 aromatic rings. The Labute approximate surface area is 140 Å². The van der Waals surface area contributed by atoms with Gasteiger partial charge in [-0.2, -0.15) is 0 Å². The second-order valence-corrected chi connectivity index (χ2v) is 5.98. The summed E-state index contributed by atoms with van der Waals surface area (Å²) < 4.78 is 1.83. The van der Waals surface area contributed by atoms with Crippen LogP contribution in [0, 0.1) is 0 Å². The first-order valence-corrected chi connectivity index (χ1v) is 8.05. The number of hydrogen-bond acceptors (Lipinski definition) is 4. The smallest absolute Gasteiger partial charge is 0.271 e. The van der Waals surface area contributed by atoms with Gasteiger partial charge < -0.3 is 14.8 Å². The predicted octanol–water partition coefficient (Wildman–Crippen LogP) is 1.43. The quantitative estimate of drug-likeness (QED) is 0.921. The number of nitrogens with one attached hydrogen (secondary N) is 1. The lowest BCUT2D eigenvalue weighted by molar-refractivity contribution is -0.119. The van der Waals surface area contributed by atoms with Crippen molar-refractivity contribution in [2.24, 2.45) is 7.05 Å². The van der Waals surface area contributed by atoms with Crippen molar-refractivity contribution in [3.63, 3.8) is 0 Å². The lowest BCUT2D eigenvalue weighted by atomic mass is 10.2. The van der Waals surface area contributed by atoms with Crippen LogP contribution >= 0.6 is 0 Å². The summed E-state index contributed by atoms with van der Waals surface area (Å²) in [6, 6.07) is 5.34. The highest BCUT2D eigenvalue weighted by Crippen LogP contribution is 2.31. The molecule has 126 valence electrons. The molecule has 7 nitrogen and oxygen atoms in total. The van der Waals surface area contributed by atoms with Gasteiger partial charge in [0.2, 0.25) is 5.91 Å². The molecule has 1 atom stereocenters. The summed E-state index contributed by atoms with van der Waals surface area (Å²) in [5, 5.41) is 2.73. The van der Waals surface area contributed by atoms with Gasteiger partial charge in [-0.15, -0.1) is 0 Å². The van der Waals surface area contributed by atoms with Crippen LogP contribution in [0.2, 0.25) is 0 Å². The minimum absolute atomic E-state index is 0.000800. The lowest BCUT2D eigenvalue weighted by Gasteiger charge is -2.24. The van der Waals surface area contributed by atoms with Crippen molar-refractivity contribution >= 4 is 11.8 Å². The number of amides is 2. The number of likely N-dealkylation sites (tertiary alicyclic amines) is 1. The number of carbonyl (C=O) groups is 2. The van der Waals surface area contributed by atoms with Crippen LogP contribution in [0.5, 0.6) is 0 Å². The molecular weight excluding hydrogens is 306 g/mol. The summed E-state index contributed by atoms with van der Waals surface area (Å²) in [6.45, 7) is 2.54. The molecule has 1 fully saturated rings. The van der Waals surface area contributed by atoms with Crippen molar-refractivity contribution in [2.75, 3.05) is 6.54 Å². The van der Waals surface area contributed by atoms with Crippen LogP contribution in [0.15, 0.2) is 30.6 Å². The van der Waals surface area contributed by atoms with Gasteiger partial charge in [0.1, 0.15) is 5.69 Å². The zero-order valence-corrected chi connectivity index (χ0v) is 13.9. The third-order valence-electron chi connectivity index (χ3n) is 4.22. The molecule has 24 heavy (non-hydrogen) atoms. The molecule has 1 aliphatic rings. The summed E-state index contributed by atoms with van der Waals surface area (Å²) in [5.74, 6) is 0.537. The first-order valence-electron chi connectivity index (χ1n) is 8.05. The van der Waals surface area contributed by atoms with Crippen molar-refractivity contribution in [1.29, 1.82) is 0 Å². The standard InChI is InChI=1S/C17H21N5O2/c1-12(23)19-11-13-7-8-18-16(20-13)14-5-4-10-22(14)17(24)15-6-3-9-21(15)2/h3,6-9,14H,4-5,10-11H2,1-2H3,(H,19,23). The summed E-state index contributed by atoms with van der Waals surface area (Å²) in [7, 11) is 1.86. The molecule has 0 aromatic carbocycles. The number of aryl methyl sites for hydroxylation is 1. The summed E-state index contributed by atoms with van der Waals surface area (Å²) in [6.07, 6.45) is 5.33. The normalized spacial score (nSPS) is 17.1. The lowest BCUT2D eigenvalue weighted by Crippen LogP contribution is -2.32. The molecule has 1 unspecified atom stereocenters. The van der Waals surface area contributed by atoms with Crippen molar-refractivity contribution in [1.82, 2.24) is 24.8 Å². The Bertz CT molecular complexity index is 755. The van der Waals surface area contributed by atoms with E-state index in [-0.39, 0.29) is 17.9 Å². The molecule has 3 heterocycles. The number of aromatic nitrogens is 3. The first-order chi connectivity index (χ1) is 11.6. The predicted molar refractivity (Wildman–Crippen MR) is 88.0 cm³/mol. The summed E-state index contributed by atoms with van der Waals surface area (Å²) >= 11 is 0. The molecule has 1 N–H and O–H groups in total. The highest BCUT2D eigenvalue weighted by atomic mass is 16.2. The number of nitrogens with zero attached hydrogens (tertiary/aromatic N) is 4. The molecule has 7 heteroatoms. The third-order valence-corrected chi connectivity index (χ3v) is 4.22. The summed E-state index contributed by atoms with van der Waals surface area (Å²) in [4.78, 5) is 34.6. The number of carbonyl (C=O) groups excluding carboxylic acids is 2. The number of hydrogen-bond donors (Lipinski definition) is 1. The molecule has 0 bridgehead atoms. The van der Waals surface area contributed by atoms with E-state index in [1.165, 1.54) is 6.92 Å².